The molecule has 0 bridgehead atoms. The van der Waals surface area contributed by atoms with E-state index >= 15 is 0 Å². The zero-order valence-corrected chi connectivity index (χ0v) is 15.5. The molecule has 2 aromatic rings. The van der Waals surface area contributed by atoms with Crippen LogP contribution in [0, 0.1) is 5.82 Å². The SMILES string of the molecule is COC(=O)CCN(Cc1ccc(F)cc1)C(=O)c1ccc(OC)c(OC)c1. The van der Waals surface area contributed by atoms with Crippen molar-refractivity contribution in [2.24, 2.45) is 0 Å². The zero-order valence-electron chi connectivity index (χ0n) is 15.5. The van der Waals surface area contributed by atoms with Gasteiger partial charge in [0.25, 0.3) is 5.91 Å². The fourth-order valence-corrected chi connectivity index (χ4v) is 2.54. The van der Waals surface area contributed by atoms with Crippen LogP contribution in [0.1, 0.15) is 22.3 Å². The third-order valence-electron chi connectivity index (χ3n) is 4.02. The first-order valence-corrected chi connectivity index (χ1v) is 8.31. The lowest BCUT2D eigenvalue weighted by molar-refractivity contribution is -0.140. The normalized spacial score (nSPS) is 10.2. The minimum atomic E-state index is -0.417. The summed E-state index contributed by atoms with van der Waals surface area (Å²) in [6.07, 6.45) is 0.0523. The highest BCUT2D eigenvalue weighted by Crippen LogP contribution is 2.28. The summed E-state index contributed by atoms with van der Waals surface area (Å²) in [6.45, 7) is 0.391. The van der Waals surface area contributed by atoms with Crippen molar-refractivity contribution < 1.29 is 28.2 Å². The third kappa shape index (κ3) is 5.44. The summed E-state index contributed by atoms with van der Waals surface area (Å²) in [6, 6.07) is 10.7. The van der Waals surface area contributed by atoms with Gasteiger partial charge in [0.2, 0.25) is 0 Å². The van der Waals surface area contributed by atoms with E-state index in [-0.39, 0.29) is 31.2 Å². The molecule has 0 N–H and O–H groups in total. The maximum absolute atomic E-state index is 13.1. The monoisotopic (exact) mass is 375 g/mol. The Balaban J connectivity index is 2.26. The molecule has 0 heterocycles. The molecule has 2 rings (SSSR count). The number of methoxy groups -OCH3 is 3. The van der Waals surface area contributed by atoms with Gasteiger partial charge >= 0.3 is 5.97 Å². The van der Waals surface area contributed by atoms with Gasteiger partial charge in [-0.05, 0) is 35.9 Å². The molecule has 0 aliphatic heterocycles. The van der Waals surface area contributed by atoms with Crippen molar-refractivity contribution in [2.75, 3.05) is 27.9 Å². The topological polar surface area (TPSA) is 65.1 Å². The summed E-state index contributed by atoms with van der Waals surface area (Å²) in [5.41, 5.74) is 1.13. The van der Waals surface area contributed by atoms with E-state index < -0.39 is 5.97 Å². The number of ether oxygens (including phenoxy) is 3. The molecule has 0 saturated carbocycles. The van der Waals surface area contributed by atoms with Crippen LogP contribution in [-0.2, 0) is 16.1 Å². The molecule has 27 heavy (non-hydrogen) atoms. The average molecular weight is 375 g/mol. The summed E-state index contributed by atoms with van der Waals surface area (Å²) in [5.74, 6) is -0.124. The number of hydrogen-bond donors (Lipinski definition) is 0. The zero-order chi connectivity index (χ0) is 19.8. The molecule has 144 valence electrons. The van der Waals surface area contributed by atoms with Gasteiger partial charge in [-0.25, -0.2) is 4.39 Å². The third-order valence-corrected chi connectivity index (χ3v) is 4.02. The molecule has 2 aromatic carbocycles. The predicted molar refractivity (Wildman–Crippen MR) is 97.3 cm³/mol. The maximum atomic E-state index is 13.1. The highest BCUT2D eigenvalue weighted by molar-refractivity contribution is 5.95. The molecule has 0 aliphatic rings. The molecule has 0 fully saturated rings. The fourth-order valence-electron chi connectivity index (χ4n) is 2.54. The summed E-state index contributed by atoms with van der Waals surface area (Å²) in [7, 11) is 4.29. The summed E-state index contributed by atoms with van der Waals surface area (Å²) < 4.78 is 28.2. The Morgan fingerprint density at radius 3 is 2.22 bits per heavy atom. The first-order valence-electron chi connectivity index (χ1n) is 8.31. The van der Waals surface area contributed by atoms with Crippen LogP contribution in [0.15, 0.2) is 42.5 Å². The Hall–Kier alpha value is -3.09. The van der Waals surface area contributed by atoms with Crippen LogP contribution < -0.4 is 9.47 Å². The minimum Gasteiger partial charge on any atom is -0.493 e. The van der Waals surface area contributed by atoms with E-state index in [4.69, 9.17) is 9.47 Å². The summed E-state index contributed by atoms with van der Waals surface area (Å²) in [5, 5.41) is 0. The molecule has 1 amide bonds. The van der Waals surface area contributed by atoms with Gasteiger partial charge in [0.05, 0.1) is 27.8 Å². The summed E-state index contributed by atoms with van der Waals surface area (Å²) in [4.78, 5) is 26.0. The second-order valence-corrected chi connectivity index (χ2v) is 5.75. The van der Waals surface area contributed by atoms with Gasteiger partial charge < -0.3 is 19.1 Å². The van der Waals surface area contributed by atoms with Crippen molar-refractivity contribution in [3.63, 3.8) is 0 Å². The van der Waals surface area contributed by atoms with Crippen LogP contribution in [0.3, 0.4) is 0 Å². The maximum Gasteiger partial charge on any atom is 0.307 e. The Bertz CT molecular complexity index is 791. The standard InChI is InChI=1S/C20H22FNO5/c1-25-17-9-6-15(12-18(17)26-2)20(24)22(11-10-19(23)27-3)13-14-4-7-16(21)8-5-14/h4-9,12H,10-11,13H2,1-3H3. The smallest absolute Gasteiger partial charge is 0.307 e. The van der Waals surface area contributed by atoms with E-state index in [1.54, 1.807) is 30.3 Å². The quantitative estimate of drug-likeness (QED) is 0.664. The first-order chi connectivity index (χ1) is 13.0. The molecule has 0 aromatic heterocycles. The molecule has 0 saturated heterocycles. The highest BCUT2D eigenvalue weighted by Gasteiger charge is 2.19. The van der Waals surface area contributed by atoms with Crippen molar-refractivity contribution in [1.82, 2.24) is 4.90 Å². The Kier molecular flexibility index (Phi) is 7.16. The number of benzene rings is 2. The first kappa shape index (κ1) is 20.2. The van der Waals surface area contributed by atoms with Crippen LogP contribution in [0.4, 0.5) is 4.39 Å². The lowest BCUT2D eigenvalue weighted by Gasteiger charge is -2.23. The molecule has 0 aliphatic carbocycles. The molecular weight excluding hydrogens is 353 g/mol. The predicted octanol–water partition coefficient (Wildman–Crippen LogP) is 3.05. The molecule has 7 heteroatoms. The van der Waals surface area contributed by atoms with Crippen molar-refractivity contribution >= 4 is 11.9 Å². The summed E-state index contributed by atoms with van der Waals surface area (Å²) >= 11 is 0. The van der Waals surface area contributed by atoms with Crippen LogP contribution in [0.5, 0.6) is 11.5 Å². The van der Waals surface area contributed by atoms with Gasteiger partial charge in [0.1, 0.15) is 5.82 Å². The Morgan fingerprint density at radius 1 is 0.963 bits per heavy atom. The number of nitrogens with zero attached hydrogens (tertiary/aromatic N) is 1. The van der Waals surface area contributed by atoms with E-state index in [1.165, 1.54) is 38.4 Å². The van der Waals surface area contributed by atoms with Crippen LogP contribution in [0.2, 0.25) is 0 Å². The number of carbonyl (C=O) groups is 2. The second kappa shape index (κ2) is 9.56. The van der Waals surface area contributed by atoms with Crippen LogP contribution in [0.25, 0.3) is 0 Å². The van der Waals surface area contributed by atoms with Crippen molar-refractivity contribution in [3.05, 3.63) is 59.4 Å². The van der Waals surface area contributed by atoms with Gasteiger partial charge in [0, 0.05) is 18.7 Å². The van der Waals surface area contributed by atoms with Gasteiger partial charge in [-0.2, -0.15) is 0 Å². The Labute approximate surface area is 157 Å². The fraction of sp³-hybridized carbons (Fsp3) is 0.300. The van der Waals surface area contributed by atoms with Crippen molar-refractivity contribution in [3.8, 4) is 11.5 Å². The lowest BCUT2D eigenvalue weighted by Crippen LogP contribution is -2.32. The van der Waals surface area contributed by atoms with Gasteiger partial charge in [0.15, 0.2) is 11.5 Å². The van der Waals surface area contributed by atoms with Gasteiger partial charge in [-0.15, -0.1) is 0 Å². The number of carbonyl (C=O) groups excluding carboxylic acids is 2. The second-order valence-electron chi connectivity index (χ2n) is 5.75. The molecule has 0 spiro atoms. The van der Waals surface area contributed by atoms with E-state index in [0.29, 0.717) is 17.1 Å². The van der Waals surface area contributed by atoms with E-state index in [1.807, 2.05) is 0 Å². The molecule has 6 nitrogen and oxygen atoms in total. The molecular formula is C20H22FNO5. The van der Waals surface area contributed by atoms with Crippen LogP contribution in [-0.4, -0.2) is 44.7 Å². The van der Waals surface area contributed by atoms with E-state index in [2.05, 4.69) is 4.74 Å². The van der Waals surface area contributed by atoms with Crippen LogP contribution >= 0.6 is 0 Å². The molecule has 0 unspecified atom stereocenters. The van der Waals surface area contributed by atoms with Gasteiger partial charge in [-0.3, -0.25) is 9.59 Å². The van der Waals surface area contributed by atoms with Gasteiger partial charge in [-0.1, -0.05) is 12.1 Å². The highest BCUT2D eigenvalue weighted by atomic mass is 19.1. The van der Waals surface area contributed by atoms with E-state index in [9.17, 15) is 14.0 Å². The number of hydrogen-bond acceptors (Lipinski definition) is 5. The average Bonchev–Trinajstić information content (AvgIpc) is 2.71. The number of rotatable bonds is 8. The van der Waals surface area contributed by atoms with Crippen molar-refractivity contribution in [1.29, 1.82) is 0 Å². The number of halogens is 1. The van der Waals surface area contributed by atoms with Crippen molar-refractivity contribution in [2.45, 2.75) is 13.0 Å². The molecule has 0 radical (unpaired) electrons. The number of esters is 1. The molecule has 0 atom stereocenters. The Morgan fingerprint density at radius 2 is 1.63 bits per heavy atom. The van der Waals surface area contributed by atoms with E-state index in [0.717, 1.165) is 5.56 Å². The lowest BCUT2D eigenvalue weighted by atomic mass is 10.1. The largest absolute Gasteiger partial charge is 0.493 e. The minimum absolute atomic E-state index is 0.0523. The number of amides is 1.